The third-order valence-corrected chi connectivity index (χ3v) is 3.48. The minimum absolute atomic E-state index is 0.231. The van der Waals surface area contributed by atoms with Crippen LogP contribution in [0.2, 0.25) is 0 Å². The van der Waals surface area contributed by atoms with E-state index in [1.54, 1.807) is 6.07 Å². The summed E-state index contributed by atoms with van der Waals surface area (Å²) in [5.41, 5.74) is -0.837. The molecule has 1 saturated carbocycles. The van der Waals surface area contributed by atoms with Crippen LogP contribution in [0.15, 0.2) is 18.2 Å². The van der Waals surface area contributed by atoms with Crippen molar-refractivity contribution in [3.63, 3.8) is 0 Å². The largest absolute Gasteiger partial charge is 0.433 e. The third kappa shape index (κ3) is 3.15. The van der Waals surface area contributed by atoms with Crippen LogP contribution >= 0.6 is 0 Å². The molecule has 5 heteroatoms. The first-order chi connectivity index (χ1) is 8.47. The van der Waals surface area contributed by atoms with Crippen LogP contribution in [0.4, 0.5) is 19.0 Å². The van der Waals surface area contributed by atoms with E-state index in [2.05, 4.69) is 17.2 Å². The Morgan fingerprint density at radius 3 is 2.61 bits per heavy atom. The average Bonchev–Trinajstić information content (AvgIpc) is 2.31. The number of pyridine rings is 1. The number of nitrogens with one attached hydrogen (secondary N) is 1. The molecule has 0 amide bonds. The van der Waals surface area contributed by atoms with Crippen LogP contribution in [0.3, 0.4) is 0 Å². The highest BCUT2D eigenvalue weighted by Gasteiger charge is 2.32. The van der Waals surface area contributed by atoms with Gasteiger partial charge in [-0.15, -0.1) is 0 Å². The maximum absolute atomic E-state index is 12.5. The van der Waals surface area contributed by atoms with Crippen molar-refractivity contribution in [2.45, 2.75) is 44.8 Å². The van der Waals surface area contributed by atoms with Gasteiger partial charge in [0.1, 0.15) is 11.5 Å². The van der Waals surface area contributed by atoms with Crippen LogP contribution < -0.4 is 5.32 Å². The molecule has 0 bridgehead atoms. The topological polar surface area (TPSA) is 24.9 Å². The number of hydrogen-bond donors (Lipinski definition) is 1. The Kier molecular flexibility index (Phi) is 3.78. The monoisotopic (exact) mass is 258 g/mol. The van der Waals surface area contributed by atoms with E-state index in [0.29, 0.717) is 11.7 Å². The molecule has 0 aliphatic heterocycles. The van der Waals surface area contributed by atoms with Crippen LogP contribution in [-0.2, 0) is 6.18 Å². The molecule has 0 spiro atoms. The Balaban J connectivity index is 2.09. The molecule has 1 aliphatic rings. The molecular weight excluding hydrogens is 241 g/mol. The first-order valence-electron chi connectivity index (χ1n) is 6.27. The van der Waals surface area contributed by atoms with Gasteiger partial charge in [0.25, 0.3) is 0 Å². The number of halogens is 3. The number of hydrogen-bond acceptors (Lipinski definition) is 2. The van der Waals surface area contributed by atoms with Crippen LogP contribution in [-0.4, -0.2) is 11.0 Å². The van der Waals surface area contributed by atoms with Gasteiger partial charge >= 0.3 is 6.18 Å². The van der Waals surface area contributed by atoms with Crippen molar-refractivity contribution in [3.05, 3.63) is 23.9 Å². The fourth-order valence-electron chi connectivity index (χ4n) is 2.39. The van der Waals surface area contributed by atoms with E-state index in [1.807, 2.05) is 0 Å². The normalized spacial score (nSPS) is 24.9. The average molecular weight is 258 g/mol. The van der Waals surface area contributed by atoms with Gasteiger partial charge in [0.2, 0.25) is 0 Å². The number of rotatable bonds is 2. The van der Waals surface area contributed by atoms with E-state index < -0.39 is 11.9 Å². The predicted molar refractivity (Wildman–Crippen MR) is 64.3 cm³/mol. The predicted octanol–water partition coefficient (Wildman–Crippen LogP) is 4.09. The molecule has 2 nitrogen and oxygen atoms in total. The zero-order chi connectivity index (χ0) is 13.2. The van der Waals surface area contributed by atoms with Crippen LogP contribution in [0.25, 0.3) is 0 Å². The molecule has 1 heterocycles. The standard InChI is InChI=1S/C13H17F3N2/c1-9-5-2-3-6-10(9)17-12-8-4-7-11(18-12)13(14,15)16/h4,7-10H,2-3,5-6H2,1H3,(H,17,18). The van der Waals surface area contributed by atoms with Gasteiger partial charge < -0.3 is 5.32 Å². The molecule has 1 aliphatic carbocycles. The van der Waals surface area contributed by atoms with Gasteiger partial charge in [-0.3, -0.25) is 0 Å². The summed E-state index contributed by atoms with van der Waals surface area (Å²) in [6.45, 7) is 2.13. The van der Waals surface area contributed by atoms with Crippen molar-refractivity contribution < 1.29 is 13.2 Å². The second kappa shape index (κ2) is 5.16. The third-order valence-electron chi connectivity index (χ3n) is 3.48. The fourth-order valence-corrected chi connectivity index (χ4v) is 2.39. The number of anilines is 1. The molecule has 2 unspecified atom stereocenters. The summed E-state index contributed by atoms with van der Waals surface area (Å²) in [6.07, 6.45) is 0.0714. The molecule has 2 rings (SSSR count). The van der Waals surface area contributed by atoms with Gasteiger partial charge in [0, 0.05) is 6.04 Å². The van der Waals surface area contributed by atoms with Gasteiger partial charge in [-0.1, -0.05) is 25.8 Å². The molecule has 1 aromatic heterocycles. The van der Waals surface area contributed by atoms with Gasteiger partial charge in [-0.25, -0.2) is 4.98 Å². The van der Waals surface area contributed by atoms with Gasteiger partial charge in [0.15, 0.2) is 0 Å². The van der Waals surface area contributed by atoms with Crippen molar-refractivity contribution in [1.82, 2.24) is 4.98 Å². The first kappa shape index (κ1) is 13.2. The second-order valence-electron chi connectivity index (χ2n) is 4.92. The van der Waals surface area contributed by atoms with Crippen molar-refractivity contribution in [3.8, 4) is 0 Å². The minimum Gasteiger partial charge on any atom is -0.367 e. The summed E-state index contributed by atoms with van der Waals surface area (Å²) in [5, 5.41) is 3.13. The van der Waals surface area contributed by atoms with Gasteiger partial charge in [-0.05, 0) is 30.9 Å². The number of alkyl halides is 3. The second-order valence-corrected chi connectivity index (χ2v) is 4.92. The number of nitrogens with zero attached hydrogens (tertiary/aromatic N) is 1. The summed E-state index contributed by atoms with van der Waals surface area (Å²) in [4.78, 5) is 3.64. The molecule has 0 aromatic carbocycles. The fraction of sp³-hybridized carbons (Fsp3) is 0.615. The lowest BCUT2D eigenvalue weighted by atomic mass is 9.86. The summed E-state index contributed by atoms with van der Waals surface area (Å²) in [5.74, 6) is 0.804. The summed E-state index contributed by atoms with van der Waals surface area (Å²) in [6, 6.07) is 4.22. The van der Waals surface area contributed by atoms with Crippen molar-refractivity contribution in [1.29, 1.82) is 0 Å². The molecule has 1 aromatic rings. The molecule has 1 N–H and O–H groups in total. The summed E-state index contributed by atoms with van der Waals surface area (Å²) in [7, 11) is 0. The summed E-state index contributed by atoms with van der Waals surface area (Å²) >= 11 is 0. The Morgan fingerprint density at radius 2 is 1.94 bits per heavy atom. The van der Waals surface area contributed by atoms with Gasteiger partial charge in [0.05, 0.1) is 0 Å². The van der Waals surface area contributed by atoms with Crippen molar-refractivity contribution in [2.24, 2.45) is 5.92 Å². The Morgan fingerprint density at radius 1 is 1.22 bits per heavy atom. The van der Waals surface area contributed by atoms with E-state index in [-0.39, 0.29) is 6.04 Å². The molecule has 1 fully saturated rings. The van der Waals surface area contributed by atoms with Crippen LogP contribution in [0.1, 0.15) is 38.3 Å². The van der Waals surface area contributed by atoms with E-state index in [4.69, 9.17) is 0 Å². The minimum atomic E-state index is -4.38. The van der Waals surface area contributed by atoms with E-state index >= 15 is 0 Å². The van der Waals surface area contributed by atoms with Crippen molar-refractivity contribution >= 4 is 5.82 Å². The van der Waals surface area contributed by atoms with E-state index in [0.717, 1.165) is 25.3 Å². The maximum Gasteiger partial charge on any atom is 0.433 e. The zero-order valence-corrected chi connectivity index (χ0v) is 10.3. The van der Waals surface area contributed by atoms with E-state index in [1.165, 1.54) is 12.5 Å². The quantitative estimate of drug-likeness (QED) is 0.864. The Labute approximate surface area is 105 Å². The molecule has 2 atom stereocenters. The smallest absolute Gasteiger partial charge is 0.367 e. The highest BCUT2D eigenvalue weighted by Crippen LogP contribution is 2.30. The lowest BCUT2D eigenvalue weighted by Crippen LogP contribution is -2.30. The van der Waals surface area contributed by atoms with Crippen LogP contribution in [0.5, 0.6) is 0 Å². The zero-order valence-electron chi connectivity index (χ0n) is 10.3. The number of aromatic nitrogens is 1. The highest BCUT2D eigenvalue weighted by atomic mass is 19.4. The molecule has 0 saturated heterocycles. The highest BCUT2D eigenvalue weighted by molar-refractivity contribution is 5.37. The van der Waals surface area contributed by atoms with Crippen molar-refractivity contribution in [2.75, 3.05) is 5.32 Å². The first-order valence-corrected chi connectivity index (χ1v) is 6.27. The van der Waals surface area contributed by atoms with Gasteiger partial charge in [-0.2, -0.15) is 13.2 Å². The molecule has 18 heavy (non-hydrogen) atoms. The molecule has 0 radical (unpaired) electrons. The van der Waals surface area contributed by atoms with Crippen LogP contribution in [0, 0.1) is 5.92 Å². The summed E-state index contributed by atoms with van der Waals surface area (Å²) < 4.78 is 37.6. The molecule has 100 valence electrons. The Hall–Kier alpha value is -1.26. The lowest BCUT2D eigenvalue weighted by Gasteiger charge is -2.30. The SMILES string of the molecule is CC1CCCCC1Nc1cccc(C(F)(F)F)n1. The maximum atomic E-state index is 12.5. The Bertz CT molecular complexity index is 403. The molecular formula is C13H17F3N2. The van der Waals surface area contributed by atoms with E-state index in [9.17, 15) is 13.2 Å². The lowest BCUT2D eigenvalue weighted by molar-refractivity contribution is -0.141.